The number of nitrogens with one attached hydrogen (secondary N) is 2. The third-order valence-corrected chi connectivity index (χ3v) is 5.67. The Balaban J connectivity index is 1.37. The number of benzene rings is 2. The van der Waals surface area contributed by atoms with E-state index in [1.807, 2.05) is 31.2 Å². The van der Waals surface area contributed by atoms with Crippen LogP contribution in [-0.2, 0) is 0 Å². The van der Waals surface area contributed by atoms with Crippen molar-refractivity contribution in [2.75, 3.05) is 56.1 Å². The molecule has 1 heterocycles. The second-order valence-corrected chi connectivity index (χ2v) is 7.79. The SMILES string of the molecule is CCOc1ccc(NC(=S)NCCN2CCN(c3cccc(C)c3C)CC2)cc1. The molecule has 1 aliphatic rings. The first-order valence-electron chi connectivity index (χ1n) is 10.4. The van der Waals surface area contributed by atoms with Crippen LogP contribution in [0.4, 0.5) is 11.4 Å². The minimum absolute atomic E-state index is 0.656. The highest BCUT2D eigenvalue weighted by Gasteiger charge is 2.18. The molecule has 2 aromatic rings. The highest BCUT2D eigenvalue weighted by atomic mass is 32.1. The maximum absolute atomic E-state index is 5.46. The number of aryl methyl sites for hydroxylation is 1. The van der Waals surface area contributed by atoms with Gasteiger partial charge >= 0.3 is 0 Å². The molecule has 0 amide bonds. The van der Waals surface area contributed by atoms with Gasteiger partial charge in [0.15, 0.2) is 5.11 Å². The predicted octanol–water partition coefficient (Wildman–Crippen LogP) is 3.81. The number of hydrogen-bond donors (Lipinski definition) is 2. The van der Waals surface area contributed by atoms with Gasteiger partial charge in [0.25, 0.3) is 0 Å². The largest absolute Gasteiger partial charge is 0.494 e. The lowest BCUT2D eigenvalue weighted by molar-refractivity contribution is 0.262. The van der Waals surface area contributed by atoms with Gasteiger partial charge in [0.2, 0.25) is 0 Å². The molecule has 5 nitrogen and oxygen atoms in total. The zero-order chi connectivity index (χ0) is 20.6. The first-order chi connectivity index (χ1) is 14.1. The summed E-state index contributed by atoms with van der Waals surface area (Å²) in [4.78, 5) is 5.00. The second-order valence-electron chi connectivity index (χ2n) is 7.39. The van der Waals surface area contributed by atoms with Gasteiger partial charge in [-0.05, 0) is 74.4 Å². The van der Waals surface area contributed by atoms with Gasteiger partial charge in [0, 0.05) is 50.6 Å². The van der Waals surface area contributed by atoms with Crippen molar-refractivity contribution in [3.05, 3.63) is 53.6 Å². The molecule has 156 valence electrons. The summed E-state index contributed by atoms with van der Waals surface area (Å²) in [5.74, 6) is 0.872. The van der Waals surface area contributed by atoms with Crippen LogP contribution in [0.2, 0.25) is 0 Å². The molecule has 0 aliphatic carbocycles. The van der Waals surface area contributed by atoms with E-state index in [2.05, 4.69) is 52.5 Å². The minimum atomic E-state index is 0.656. The number of piperazine rings is 1. The maximum atomic E-state index is 5.46. The topological polar surface area (TPSA) is 39.8 Å². The summed E-state index contributed by atoms with van der Waals surface area (Å²) in [5.41, 5.74) is 5.10. The van der Waals surface area contributed by atoms with Crippen molar-refractivity contribution in [3.63, 3.8) is 0 Å². The van der Waals surface area contributed by atoms with Crippen molar-refractivity contribution in [2.45, 2.75) is 20.8 Å². The summed E-state index contributed by atoms with van der Waals surface area (Å²) in [7, 11) is 0. The predicted molar refractivity (Wildman–Crippen MR) is 126 cm³/mol. The minimum Gasteiger partial charge on any atom is -0.494 e. The maximum Gasteiger partial charge on any atom is 0.170 e. The molecule has 0 radical (unpaired) electrons. The highest BCUT2D eigenvalue weighted by molar-refractivity contribution is 7.80. The summed E-state index contributed by atoms with van der Waals surface area (Å²) < 4.78 is 5.46. The van der Waals surface area contributed by atoms with Gasteiger partial charge in [-0.15, -0.1) is 0 Å². The third kappa shape index (κ3) is 6.08. The summed E-state index contributed by atoms with van der Waals surface area (Å²) in [6, 6.07) is 14.4. The Kier molecular flexibility index (Phi) is 7.72. The Hall–Kier alpha value is -2.31. The van der Waals surface area contributed by atoms with Crippen LogP contribution in [0.15, 0.2) is 42.5 Å². The quantitative estimate of drug-likeness (QED) is 0.674. The molecule has 0 spiro atoms. The number of rotatable bonds is 7. The summed E-state index contributed by atoms with van der Waals surface area (Å²) >= 11 is 5.42. The van der Waals surface area contributed by atoms with Crippen LogP contribution in [-0.4, -0.2) is 55.9 Å². The Morgan fingerprint density at radius 1 is 1.03 bits per heavy atom. The molecule has 0 bridgehead atoms. The Morgan fingerprint density at radius 2 is 1.76 bits per heavy atom. The van der Waals surface area contributed by atoms with E-state index in [9.17, 15) is 0 Å². The van der Waals surface area contributed by atoms with Gasteiger partial charge in [-0.25, -0.2) is 0 Å². The number of anilines is 2. The first-order valence-corrected chi connectivity index (χ1v) is 10.8. The molecule has 0 unspecified atom stereocenters. The number of thiocarbonyl (C=S) groups is 1. The van der Waals surface area contributed by atoms with Crippen LogP contribution in [0.25, 0.3) is 0 Å². The van der Waals surface area contributed by atoms with Crippen molar-refractivity contribution >= 4 is 28.7 Å². The highest BCUT2D eigenvalue weighted by Crippen LogP contribution is 2.23. The average molecular weight is 413 g/mol. The summed E-state index contributed by atoms with van der Waals surface area (Å²) in [5, 5.41) is 7.19. The molecule has 0 saturated carbocycles. The second kappa shape index (κ2) is 10.5. The zero-order valence-electron chi connectivity index (χ0n) is 17.7. The van der Waals surface area contributed by atoms with Crippen molar-refractivity contribution in [2.24, 2.45) is 0 Å². The molecule has 2 N–H and O–H groups in total. The molecule has 29 heavy (non-hydrogen) atoms. The van der Waals surface area contributed by atoms with E-state index in [4.69, 9.17) is 17.0 Å². The number of nitrogens with zero attached hydrogens (tertiary/aromatic N) is 2. The average Bonchev–Trinajstić information content (AvgIpc) is 2.72. The number of ether oxygens (including phenoxy) is 1. The fraction of sp³-hybridized carbons (Fsp3) is 0.435. The lowest BCUT2D eigenvalue weighted by atomic mass is 10.1. The molecule has 1 saturated heterocycles. The molecule has 0 aromatic heterocycles. The molecular formula is C23H32N4OS. The van der Waals surface area contributed by atoms with E-state index in [-0.39, 0.29) is 0 Å². The van der Waals surface area contributed by atoms with Gasteiger partial charge in [0.1, 0.15) is 5.75 Å². The smallest absolute Gasteiger partial charge is 0.170 e. The van der Waals surface area contributed by atoms with Gasteiger partial charge in [-0.2, -0.15) is 0 Å². The lowest BCUT2D eigenvalue weighted by Crippen LogP contribution is -2.48. The molecule has 3 rings (SSSR count). The fourth-order valence-electron chi connectivity index (χ4n) is 3.59. The van der Waals surface area contributed by atoms with Crippen molar-refractivity contribution in [3.8, 4) is 5.75 Å². The molecule has 1 aliphatic heterocycles. The van der Waals surface area contributed by atoms with Gasteiger partial charge in [0.05, 0.1) is 6.61 Å². The van der Waals surface area contributed by atoms with E-state index >= 15 is 0 Å². The van der Waals surface area contributed by atoms with E-state index in [0.29, 0.717) is 11.7 Å². The molecule has 6 heteroatoms. The Morgan fingerprint density at radius 3 is 2.45 bits per heavy atom. The van der Waals surface area contributed by atoms with Crippen LogP contribution >= 0.6 is 12.2 Å². The lowest BCUT2D eigenvalue weighted by Gasteiger charge is -2.37. The molecule has 0 atom stereocenters. The van der Waals surface area contributed by atoms with Crippen molar-refractivity contribution < 1.29 is 4.74 Å². The zero-order valence-corrected chi connectivity index (χ0v) is 18.5. The third-order valence-electron chi connectivity index (χ3n) is 5.43. The van der Waals surface area contributed by atoms with Gasteiger partial charge < -0.3 is 20.3 Å². The molecule has 2 aromatic carbocycles. The van der Waals surface area contributed by atoms with Crippen LogP contribution in [0.1, 0.15) is 18.1 Å². The standard InChI is InChI=1S/C23H32N4OS/c1-4-28-21-10-8-20(9-11-21)25-23(29)24-12-13-26-14-16-27(17-15-26)22-7-5-6-18(2)19(22)3/h5-11H,4,12-17H2,1-3H3,(H2,24,25,29). The first kappa shape index (κ1) is 21.4. The fourth-order valence-corrected chi connectivity index (χ4v) is 3.81. The van der Waals surface area contributed by atoms with Crippen molar-refractivity contribution in [1.82, 2.24) is 10.2 Å². The van der Waals surface area contributed by atoms with E-state index in [1.165, 1.54) is 16.8 Å². The molecular weight excluding hydrogens is 380 g/mol. The summed E-state index contributed by atoms with van der Waals surface area (Å²) in [6.07, 6.45) is 0. The van der Waals surface area contributed by atoms with Crippen LogP contribution < -0.4 is 20.3 Å². The van der Waals surface area contributed by atoms with Crippen LogP contribution in [0.5, 0.6) is 5.75 Å². The normalized spacial score (nSPS) is 14.5. The monoisotopic (exact) mass is 412 g/mol. The van der Waals surface area contributed by atoms with Crippen molar-refractivity contribution in [1.29, 1.82) is 0 Å². The van der Waals surface area contributed by atoms with Gasteiger partial charge in [-0.3, -0.25) is 4.90 Å². The van der Waals surface area contributed by atoms with E-state index in [0.717, 1.165) is 50.7 Å². The molecule has 1 fully saturated rings. The Labute approximate surface area is 180 Å². The van der Waals surface area contributed by atoms with E-state index in [1.54, 1.807) is 0 Å². The van der Waals surface area contributed by atoms with Gasteiger partial charge in [-0.1, -0.05) is 12.1 Å². The van der Waals surface area contributed by atoms with Crippen LogP contribution in [0.3, 0.4) is 0 Å². The number of hydrogen-bond acceptors (Lipinski definition) is 4. The summed E-state index contributed by atoms with van der Waals surface area (Å²) in [6.45, 7) is 13.2. The van der Waals surface area contributed by atoms with Crippen LogP contribution in [0, 0.1) is 13.8 Å². The Bertz CT molecular complexity index is 801. The van der Waals surface area contributed by atoms with E-state index < -0.39 is 0 Å².